The first-order valence-corrected chi connectivity index (χ1v) is 14.9. The van der Waals surface area contributed by atoms with Gasteiger partial charge in [-0.2, -0.15) is 0 Å². The number of methoxy groups -OCH3 is 2. The number of halogens is 2. The van der Waals surface area contributed by atoms with Crippen molar-refractivity contribution in [3.05, 3.63) is 69.7 Å². The maximum atomic E-state index is 13.8. The predicted molar refractivity (Wildman–Crippen MR) is 160 cm³/mol. The zero-order chi connectivity index (χ0) is 29.9. The fraction of sp³-hybridized carbons (Fsp3) is 0.357. The number of aromatic nitrogens is 4. The molecule has 0 aliphatic heterocycles. The van der Waals surface area contributed by atoms with Crippen molar-refractivity contribution in [1.29, 1.82) is 0 Å². The molecule has 0 spiro atoms. The summed E-state index contributed by atoms with van der Waals surface area (Å²) in [6.45, 7) is 0. The lowest BCUT2D eigenvalue weighted by Crippen LogP contribution is -2.15. The summed E-state index contributed by atoms with van der Waals surface area (Å²) in [5.74, 6) is -0.0377. The Bertz CT molecular complexity index is 1490. The third kappa shape index (κ3) is 8.98. The van der Waals surface area contributed by atoms with E-state index in [1.54, 1.807) is 0 Å². The molecule has 5 rings (SSSR count). The van der Waals surface area contributed by atoms with Crippen LogP contribution in [0.5, 0.6) is 11.5 Å². The van der Waals surface area contributed by atoms with E-state index in [-0.39, 0.29) is 33.1 Å². The van der Waals surface area contributed by atoms with Gasteiger partial charge in [-0.15, -0.1) is 20.4 Å². The van der Waals surface area contributed by atoms with Gasteiger partial charge in [0.25, 0.3) is 0 Å². The number of ether oxygens (including phenoxy) is 2. The van der Waals surface area contributed by atoms with Crippen LogP contribution in [0, 0.1) is 11.6 Å². The van der Waals surface area contributed by atoms with Crippen LogP contribution in [0.15, 0.2) is 41.9 Å². The molecule has 2 amide bonds. The number of amides is 2. The molecule has 0 unspecified atom stereocenters. The molecule has 226 valence electrons. The van der Waals surface area contributed by atoms with Crippen molar-refractivity contribution in [2.75, 3.05) is 24.9 Å². The van der Waals surface area contributed by atoms with Gasteiger partial charge in [0.05, 0.1) is 27.1 Å². The van der Waals surface area contributed by atoms with Crippen molar-refractivity contribution in [1.82, 2.24) is 20.4 Å². The molecule has 2 aromatic carbocycles. The normalized spacial score (nSPS) is 13.0. The third-order valence-electron chi connectivity index (χ3n) is 6.46. The summed E-state index contributed by atoms with van der Waals surface area (Å²) in [6, 6.07) is 8.62. The fourth-order valence-electron chi connectivity index (χ4n) is 4.33. The van der Waals surface area contributed by atoms with Crippen LogP contribution < -0.4 is 20.1 Å². The number of nitrogens with zero attached hydrogens (tertiary/aromatic N) is 4. The first-order valence-electron chi connectivity index (χ1n) is 13.2. The van der Waals surface area contributed by atoms with E-state index in [2.05, 4.69) is 31.0 Å². The van der Waals surface area contributed by atoms with E-state index in [4.69, 9.17) is 9.47 Å². The summed E-state index contributed by atoms with van der Waals surface area (Å²) in [5.41, 5.74) is 2.07. The molecule has 4 aromatic rings. The number of carbonyl (C=O) groups is 2. The van der Waals surface area contributed by atoms with Gasteiger partial charge < -0.3 is 20.1 Å². The van der Waals surface area contributed by atoms with E-state index in [0.717, 1.165) is 17.8 Å². The molecule has 10 nitrogen and oxygen atoms in total. The van der Waals surface area contributed by atoms with Crippen LogP contribution in [0.25, 0.3) is 0 Å². The highest BCUT2D eigenvalue weighted by molar-refractivity contribution is 7.15. The summed E-state index contributed by atoms with van der Waals surface area (Å²) < 4.78 is 37.3. The SMILES string of the molecule is COc1ccc(F)c(CC(=O)Nc2nnc(C3CCCCC3)s2)c1.COc1ccc(F)c(CC(=O)Nc2nncs2)c1.[HH].[HH]. The molecule has 1 saturated carbocycles. The minimum Gasteiger partial charge on any atom is -0.497 e. The number of carbonyl (C=O) groups excluding carboxylic acids is 2. The van der Waals surface area contributed by atoms with Crippen LogP contribution in [0.2, 0.25) is 0 Å². The van der Waals surface area contributed by atoms with Crippen molar-refractivity contribution < 1.29 is 30.7 Å². The van der Waals surface area contributed by atoms with E-state index in [1.807, 2.05) is 0 Å². The molecular formula is C28H34F2N6O4S2. The van der Waals surface area contributed by atoms with Gasteiger partial charge in [-0.3, -0.25) is 9.59 Å². The van der Waals surface area contributed by atoms with E-state index in [9.17, 15) is 18.4 Å². The highest BCUT2D eigenvalue weighted by atomic mass is 32.1. The third-order valence-corrected chi connectivity index (χ3v) is 8.06. The Balaban J connectivity index is 0.000000305. The highest BCUT2D eigenvalue weighted by Crippen LogP contribution is 2.35. The van der Waals surface area contributed by atoms with Gasteiger partial charge >= 0.3 is 0 Å². The summed E-state index contributed by atoms with van der Waals surface area (Å²) in [4.78, 5) is 23.8. The molecule has 2 heterocycles. The van der Waals surface area contributed by atoms with Crippen molar-refractivity contribution in [2.45, 2.75) is 50.9 Å². The van der Waals surface area contributed by atoms with Crippen LogP contribution in [0.1, 0.15) is 57.0 Å². The van der Waals surface area contributed by atoms with Crippen molar-refractivity contribution >= 4 is 44.8 Å². The standard InChI is InChI=1S/C17H20FN3O2S.C11H10FN3O2S.2H2/c1-23-13-7-8-14(18)12(9-13)10-15(22)19-17-21-20-16(24-17)11-5-3-2-4-6-11;1-17-8-2-3-9(12)7(4-8)5-10(16)14-11-15-13-6-18-11;;/h7-9,11H,2-6,10H2,1H3,(H,19,21,22);2-4,6H,5H2,1H3,(H,14,15,16);2*1H. The van der Waals surface area contributed by atoms with Gasteiger partial charge in [-0.05, 0) is 49.2 Å². The molecule has 0 bridgehead atoms. The average molecular weight is 621 g/mol. The van der Waals surface area contributed by atoms with Gasteiger partial charge in [0, 0.05) is 19.9 Å². The van der Waals surface area contributed by atoms with Crippen molar-refractivity contribution in [3.8, 4) is 11.5 Å². The minimum atomic E-state index is -0.441. The van der Waals surface area contributed by atoms with Crippen LogP contribution in [-0.2, 0) is 22.4 Å². The summed E-state index contributed by atoms with van der Waals surface area (Å²) in [7, 11) is 2.99. The number of rotatable bonds is 9. The number of anilines is 2. The Hall–Kier alpha value is -4.04. The molecule has 1 fully saturated rings. The van der Waals surface area contributed by atoms with E-state index in [0.29, 0.717) is 33.2 Å². The second-order valence-corrected chi connectivity index (χ2v) is 11.2. The first-order chi connectivity index (χ1) is 20.3. The van der Waals surface area contributed by atoms with E-state index < -0.39 is 11.6 Å². The second kappa shape index (κ2) is 15.3. The monoisotopic (exact) mass is 620 g/mol. The largest absolute Gasteiger partial charge is 0.497 e. The van der Waals surface area contributed by atoms with Gasteiger partial charge in [-0.25, -0.2) is 8.78 Å². The van der Waals surface area contributed by atoms with Gasteiger partial charge in [0.2, 0.25) is 22.1 Å². The van der Waals surface area contributed by atoms with Crippen molar-refractivity contribution in [2.24, 2.45) is 0 Å². The first kappa shape index (κ1) is 30.9. The lowest BCUT2D eigenvalue weighted by Gasteiger charge is -2.18. The summed E-state index contributed by atoms with van der Waals surface area (Å²) in [5, 5.41) is 22.6. The minimum absolute atomic E-state index is 0. The highest BCUT2D eigenvalue weighted by Gasteiger charge is 2.20. The second-order valence-electron chi connectivity index (χ2n) is 9.39. The lowest BCUT2D eigenvalue weighted by atomic mass is 9.90. The van der Waals surface area contributed by atoms with E-state index >= 15 is 0 Å². The Morgan fingerprint density at radius 1 is 0.857 bits per heavy atom. The molecule has 2 N–H and O–H groups in total. The molecule has 0 saturated heterocycles. The van der Waals surface area contributed by atoms with Gasteiger partial charge in [0.1, 0.15) is 33.7 Å². The Labute approximate surface area is 252 Å². The van der Waals surface area contributed by atoms with Crippen molar-refractivity contribution in [3.63, 3.8) is 0 Å². The quantitative estimate of drug-likeness (QED) is 0.224. The van der Waals surface area contributed by atoms with Gasteiger partial charge in [0.15, 0.2) is 0 Å². The maximum absolute atomic E-state index is 13.8. The number of hydrogen-bond donors (Lipinski definition) is 2. The van der Waals surface area contributed by atoms with Gasteiger partial charge in [-0.1, -0.05) is 41.9 Å². The fourth-order valence-corrected chi connectivity index (χ4v) is 5.72. The van der Waals surface area contributed by atoms with Crippen LogP contribution in [0.3, 0.4) is 0 Å². The van der Waals surface area contributed by atoms with E-state index in [1.165, 1.54) is 98.1 Å². The van der Waals surface area contributed by atoms with Crippen LogP contribution in [0.4, 0.5) is 19.0 Å². The zero-order valence-electron chi connectivity index (χ0n) is 23.1. The Kier molecular flexibility index (Phi) is 11.2. The van der Waals surface area contributed by atoms with Crippen LogP contribution >= 0.6 is 22.7 Å². The molecule has 14 heteroatoms. The molecule has 1 aliphatic carbocycles. The molecule has 0 radical (unpaired) electrons. The maximum Gasteiger partial charge on any atom is 0.230 e. The zero-order valence-corrected chi connectivity index (χ0v) is 24.7. The predicted octanol–water partition coefficient (Wildman–Crippen LogP) is 6.27. The average Bonchev–Trinajstić information content (AvgIpc) is 3.68. The summed E-state index contributed by atoms with van der Waals surface area (Å²) >= 11 is 2.62. The molecule has 1 aliphatic rings. The smallest absolute Gasteiger partial charge is 0.230 e. The summed E-state index contributed by atoms with van der Waals surface area (Å²) in [6.07, 6.45) is 5.85. The number of nitrogens with one attached hydrogen (secondary N) is 2. The molecular weight excluding hydrogens is 586 g/mol. The number of benzene rings is 2. The lowest BCUT2D eigenvalue weighted by molar-refractivity contribution is -0.116. The number of hydrogen-bond acceptors (Lipinski definition) is 10. The molecule has 0 atom stereocenters. The molecule has 42 heavy (non-hydrogen) atoms. The molecule has 2 aromatic heterocycles. The van der Waals surface area contributed by atoms with Crippen LogP contribution in [-0.4, -0.2) is 46.4 Å². The topological polar surface area (TPSA) is 128 Å². The Morgan fingerprint density at radius 2 is 1.43 bits per heavy atom. The Morgan fingerprint density at radius 3 is 1.95 bits per heavy atom.